The van der Waals surface area contributed by atoms with Crippen LogP contribution >= 0.6 is 11.3 Å². The van der Waals surface area contributed by atoms with Crippen LogP contribution in [0.3, 0.4) is 0 Å². The number of aromatic nitrogens is 1. The van der Waals surface area contributed by atoms with Gasteiger partial charge in [-0.1, -0.05) is 6.92 Å². The Kier molecular flexibility index (Phi) is 3.55. The van der Waals surface area contributed by atoms with Crippen molar-refractivity contribution in [3.05, 3.63) is 45.7 Å². The lowest BCUT2D eigenvalue weighted by Gasteiger charge is -2.14. The summed E-state index contributed by atoms with van der Waals surface area (Å²) in [6.07, 6.45) is 1.89. The molecule has 0 unspecified atom stereocenters. The number of amides is 1. The Hall–Kier alpha value is -2.08. The van der Waals surface area contributed by atoms with Crippen LogP contribution in [0.2, 0.25) is 0 Å². The van der Waals surface area contributed by atoms with Crippen molar-refractivity contribution in [1.82, 2.24) is 4.98 Å². The van der Waals surface area contributed by atoms with E-state index in [-0.39, 0.29) is 12.1 Å². The number of aryl methyl sites for hydroxylation is 1. The SMILES string of the molecule is CCCc1nc(CN2C(=O)C(=O)c3ccc(F)cc32)cs1. The minimum Gasteiger partial charge on any atom is -0.299 e. The lowest BCUT2D eigenvalue weighted by molar-refractivity contribution is -0.114. The van der Waals surface area contributed by atoms with Gasteiger partial charge in [-0.3, -0.25) is 14.5 Å². The van der Waals surface area contributed by atoms with E-state index in [0.717, 1.165) is 23.5 Å². The molecule has 0 fully saturated rings. The molecule has 0 atom stereocenters. The van der Waals surface area contributed by atoms with Crippen LogP contribution in [0.15, 0.2) is 23.6 Å². The molecule has 2 aromatic rings. The molecule has 21 heavy (non-hydrogen) atoms. The highest BCUT2D eigenvalue weighted by Crippen LogP contribution is 2.31. The topological polar surface area (TPSA) is 50.3 Å². The Balaban J connectivity index is 1.90. The van der Waals surface area contributed by atoms with E-state index in [1.165, 1.54) is 34.4 Å². The molecular weight excluding hydrogens is 291 g/mol. The highest BCUT2D eigenvalue weighted by atomic mass is 32.1. The second kappa shape index (κ2) is 5.37. The third kappa shape index (κ3) is 2.47. The number of fused-ring (bicyclic) bond motifs is 1. The first-order chi connectivity index (χ1) is 10.1. The summed E-state index contributed by atoms with van der Waals surface area (Å²) in [5.41, 5.74) is 1.31. The van der Waals surface area contributed by atoms with Gasteiger partial charge in [0.05, 0.1) is 28.5 Å². The van der Waals surface area contributed by atoms with Crippen molar-refractivity contribution < 1.29 is 14.0 Å². The monoisotopic (exact) mass is 304 g/mol. The molecule has 1 aliphatic rings. The van der Waals surface area contributed by atoms with Gasteiger partial charge in [-0.2, -0.15) is 0 Å². The van der Waals surface area contributed by atoms with Crippen LogP contribution in [0.1, 0.15) is 34.4 Å². The number of hydrogen-bond acceptors (Lipinski definition) is 4. The standard InChI is InChI=1S/C15H13FN2O2S/c1-2-3-13-17-10(8-21-13)7-18-12-6-9(16)4-5-11(12)14(19)15(18)20/h4-6,8H,2-3,7H2,1H3. The average Bonchev–Trinajstić information content (AvgIpc) is 2.99. The summed E-state index contributed by atoms with van der Waals surface area (Å²) < 4.78 is 13.4. The highest BCUT2D eigenvalue weighted by molar-refractivity contribution is 7.09. The number of thiazole rings is 1. The zero-order valence-corrected chi connectivity index (χ0v) is 12.2. The number of ketones is 1. The summed E-state index contributed by atoms with van der Waals surface area (Å²) in [7, 11) is 0. The van der Waals surface area contributed by atoms with Gasteiger partial charge in [0.2, 0.25) is 0 Å². The van der Waals surface area contributed by atoms with Crippen molar-refractivity contribution >= 4 is 28.7 Å². The van der Waals surface area contributed by atoms with E-state index < -0.39 is 17.5 Å². The first-order valence-electron chi connectivity index (χ1n) is 6.69. The fourth-order valence-corrected chi connectivity index (χ4v) is 3.23. The molecular formula is C15H13FN2O2S. The van der Waals surface area contributed by atoms with E-state index in [1.807, 2.05) is 5.38 Å². The van der Waals surface area contributed by atoms with Crippen LogP contribution in [-0.4, -0.2) is 16.7 Å². The largest absolute Gasteiger partial charge is 0.299 e. The molecule has 6 heteroatoms. The maximum Gasteiger partial charge on any atom is 0.299 e. The van der Waals surface area contributed by atoms with E-state index >= 15 is 0 Å². The van der Waals surface area contributed by atoms with Crippen LogP contribution in [0.4, 0.5) is 10.1 Å². The minimum atomic E-state index is -0.624. The molecule has 0 radical (unpaired) electrons. The Labute approximate surface area is 125 Å². The predicted molar refractivity (Wildman–Crippen MR) is 78.0 cm³/mol. The number of Topliss-reactive ketones (excluding diaryl/α,β-unsaturated/α-hetero) is 1. The maximum absolute atomic E-state index is 13.4. The lowest BCUT2D eigenvalue weighted by Crippen LogP contribution is -2.29. The van der Waals surface area contributed by atoms with Gasteiger partial charge in [-0.25, -0.2) is 9.37 Å². The number of benzene rings is 1. The van der Waals surface area contributed by atoms with Gasteiger partial charge in [-0.15, -0.1) is 11.3 Å². The van der Waals surface area contributed by atoms with Crippen LogP contribution < -0.4 is 4.90 Å². The third-order valence-corrected chi connectivity index (χ3v) is 4.28. The molecule has 1 amide bonds. The van der Waals surface area contributed by atoms with E-state index in [1.54, 1.807) is 0 Å². The molecule has 1 aromatic carbocycles. The third-order valence-electron chi connectivity index (χ3n) is 3.32. The Morgan fingerprint density at radius 1 is 1.33 bits per heavy atom. The number of carbonyl (C=O) groups excluding carboxylic acids is 2. The van der Waals surface area contributed by atoms with Gasteiger partial charge >= 0.3 is 0 Å². The number of halogens is 1. The summed E-state index contributed by atoms with van der Waals surface area (Å²) in [5.74, 6) is -1.68. The summed E-state index contributed by atoms with van der Waals surface area (Å²) in [6, 6.07) is 3.77. The van der Waals surface area contributed by atoms with Gasteiger partial charge in [-0.05, 0) is 31.0 Å². The van der Waals surface area contributed by atoms with Crippen molar-refractivity contribution in [3.63, 3.8) is 0 Å². The van der Waals surface area contributed by atoms with Crippen LogP contribution in [0.25, 0.3) is 0 Å². The van der Waals surface area contributed by atoms with Crippen LogP contribution in [0, 0.1) is 5.82 Å². The second-order valence-electron chi connectivity index (χ2n) is 4.86. The zero-order valence-electron chi connectivity index (χ0n) is 11.4. The molecule has 4 nitrogen and oxygen atoms in total. The second-order valence-corrected chi connectivity index (χ2v) is 5.81. The quantitative estimate of drug-likeness (QED) is 0.816. The van der Waals surface area contributed by atoms with Crippen molar-refractivity contribution in [1.29, 1.82) is 0 Å². The Morgan fingerprint density at radius 2 is 2.14 bits per heavy atom. The summed E-state index contributed by atoms with van der Waals surface area (Å²) in [5, 5.41) is 2.88. The zero-order chi connectivity index (χ0) is 15.0. The molecule has 0 saturated carbocycles. The molecule has 0 N–H and O–H groups in total. The number of carbonyl (C=O) groups is 2. The molecule has 0 aliphatic carbocycles. The molecule has 1 aromatic heterocycles. The van der Waals surface area contributed by atoms with Gasteiger partial charge in [0, 0.05) is 5.38 Å². The number of hydrogen-bond donors (Lipinski definition) is 0. The van der Waals surface area contributed by atoms with E-state index in [2.05, 4.69) is 11.9 Å². The van der Waals surface area contributed by atoms with Gasteiger partial charge in [0.15, 0.2) is 0 Å². The smallest absolute Gasteiger partial charge is 0.299 e. The Bertz CT molecular complexity index is 726. The molecule has 0 saturated heterocycles. The molecule has 0 bridgehead atoms. The summed E-state index contributed by atoms with van der Waals surface area (Å²) in [4.78, 5) is 29.7. The van der Waals surface area contributed by atoms with Gasteiger partial charge < -0.3 is 0 Å². The first-order valence-corrected chi connectivity index (χ1v) is 7.57. The normalized spacial score (nSPS) is 13.9. The number of rotatable bonds is 4. The summed E-state index contributed by atoms with van der Waals surface area (Å²) >= 11 is 1.54. The lowest BCUT2D eigenvalue weighted by atomic mass is 10.1. The van der Waals surface area contributed by atoms with Crippen LogP contribution in [-0.2, 0) is 17.8 Å². The molecule has 3 rings (SSSR count). The van der Waals surface area contributed by atoms with Crippen molar-refractivity contribution in [2.75, 3.05) is 4.90 Å². The van der Waals surface area contributed by atoms with Crippen LogP contribution in [0.5, 0.6) is 0 Å². The number of nitrogens with zero attached hydrogens (tertiary/aromatic N) is 2. The molecule has 0 spiro atoms. The van der Waals surface area contributed by atoms with E-state index in [9.17, 15) is 14.0 Å². The fraction of sp³-hybridized carbons (Fsp3) is 0.267. The molecule has 108 valence electrons. The van der Waals surface area contributed by atoms with Crippen molar-refractivity contribution in [2.45, 2.75) is 26.3 Å². The average molecular weight is 304 g/mol. The first kappa shape index (κ1) is 13.9. The minimum absolute atomic E-state index is 0.196. The van der Waals surface area contributed by atoms with Gasteiger partial charge in [0.25, 0.3) is 11.7 Å². The number of anilines is 1. The molecule has 2 heterocycles. The van der Waals surface area contributed by atoms with E-state index in [0.29, 0.717) is 5.69 Å². The maximum atomic E-state index is 13.4. The predicted octanol–water partition coefficient (Wildman–Crippen LogP) is 2.96. The Morgan fingerprint density at radius 3 is 2.90 bits per heavy atom. The van der Waals surface area contributed by atoms with Crippen molar-refractivity contribution in [3.8, 4) is 0 Å². The summed E-state index contributed by atoms with van der Waals surface area (Å²) in [6.45, 7) is 2.27. The highest BCUT2D eigenvalue weighted by Gasteiger charge is 2.36. The fourth-order valence-electron chi connectivity index (χ4n) is 2.34. The van der Waals surface area contributed by atoms with E-state index in [4.69, 9.17) is 0 Å². The molecule has 1 aliphatic heterocycles. The van der Waals surface area contributed by atoms with Gasteiger partial charge in [0.1, 0.15) is 5.82 Å². The van der Waals surface area contributed by atoms with Crippen molar-refractivity contribution in [2.24, 2.45) is 0 Å².